The summed E-state index contributed by atoms with van der Waals surface area (Å²) in [7, 11) is 4.10. The summed E-state index contributed by atoms with van der Waals surface area (Å²) >= 11 is 0. The second-order valence-corrected chi connectivity index (χ2v) is 6.97. The fourth-order valence-electron chi connectivity index (χ4n) is 3.71. The number of nitrogens with zero attached hydrogens (tertiary/aromatic N) is 1. The molecule has 2 aromatic carbocycles. The molecule has 1 heterocycles. The van der Waals surface area contributed by atoms with Gasteiger partial charge in [-0.15, -0.1) is 0 Å². The predicted molar refractivity (Wildman–Crippen MR) is 96.3 cm³/mol. The van der Waals surface area contributed by atoms with E-state index in [2.05, 4.69) is 4.90 Å². The van der Waals surface area contributed by atoms with E-state index in [9.17, 15) is 9.18 Å². The van der Waals surface area contributed by atoms with Crippen LogP contribution >= 0.6 is 0 Å². The first-order chi connectivity index (χ1) is 12.0. The molecule has 0 aliphatic carbocycles. The second-order valence-electron chi connectivity index (χ2n) is 6.97. The van der Waals surface area contributed by atoms with Crippen LogP contribution in [-0.4, -0.2) is 31.8 Å². The molecule has 0 aromatic heterocycles. The van der Waals surface area contributed by atoms with Gasteiger partial charge in [-0.3, -0.25) is 4.79 Å². The quantitative estimate of drug-likeness (QED) is 0.733. The Balaban J connectivity index is 2.07. The number of halogens is 1. The van der Waals surface area contributed by atoms with Gasteiger partial charge >= 0.3 is 0 Å². The fraction of sp³-hybridized carbons (Fsp3) is 0.381. The summed E-state index contributed by atoms with van der Waals surface area (Å²) in [6.07, 6.45) is 2.50. The van der Waals surface area contributed by atoms with Gasteiger partial charge < -0.3 is 9.64 Å². The van der Waals surface area contributed by atoms with Crippen LogP contribution in [0.25, 0.3) is 0 Å². The number of carbonyl (C=O) groups is 1. The summed E-state index contributed by atoms with van der Waals surface area (Å²) in [5.41, 5.74) is 3.13. The second kappa shape index (κ2) is 7.06. The lowest BCUT2D eigenvalue weighted by molar-refractivity contribution is -0.0480. The topological polar surface area (TPSA) is 29.5 Å². The monoisotopic (exact) mass is 341 g/mol. The summed E-state index contributed by atoms with van der Waals surface area (Å²) in [4.78, 5) is 13.3. The van der Waals surface area contributed by atoms with E-state index in [1.807, 2.05) is 39.2 Å². The number of carbonyl (C=O) groups excluding carboxylic acids is 1. The molecule has 132 valence electrons. The van der Waals surface area contributed by atoms with Crippen LogP contribution in [0, 0.1) is 5.82 Å². The maximum Gasteiger partial charge on any atom is 0.150 e. The summed E-state index contributed by atoms with van der Waals surface area (Å²) in [6, 6.07) is 12.3. The molecule has 3 nitrogen and oxygen atoms in total. The molecule has 2 aromatic rings. The Labute approximate surface area is 148 Å². The van der Waals surface area contributed by atoms with E-state index in [0.29, 0.717) is 5.56 Å². The van der Waals surface area contributed by atoms with E-state index in [1.54, 1.807) is 12.1 Å². The molecule has 0 fully saturated rings. The smallest absolute Gasteiger partial charge is 0.150 e. The van der Waals surface area contributed by atoms with Crippen LogP contribution in [0.15, 0.2) is 42.5 Å². The molecule has 0 saturated carbocycles. The van der Waals surface area contributed by atoms with Crippen molar-refractivity contribution in [3.8, 4) is 0 Å². The van der Waals surface area contributed by atoms with Crippen molar-refractivity contribution < 1.29 is 13.9 Å². The highest BCUT2D eigenvalue weighted by atomic mass is 19.1. The van der Waals surface area contributed by atoms with E-state index >= 15 is 0 Å². The summed E-state index contributed by atoms with van der Waals surface area (Å²) in [6.45, 7) is 2.95. The standard InChI is InChI=1S/C21H24FNO2/c1-15-19-13-16(14-24)5-10-20(19)21(25-15,11-4-12-23(2)3)17-6-8-18(22)9-7-17/h5-10,13-15H,4,11-12H2,1-3H3. The highest BCUT2D eigenvalue weighted by Gasteiger charge is 2.44. The minimum atomic E-state index is -0.597. The molecule has 0 N–H and O–H groups in total. The maximum absolute atomic E-state index is 13.4. The van der Waals surface area contributed by atoms with Gasteiger partial charge in [-0.1, -0.05) is 24.3 Å². The summed E-state index contributed by atoms with van der Waals surface area (Å²) < 4.78 is 19.9. The molecular formula is C21H24FNO2. The minimum absolute atomic E-state index is 0.112. The van der Waals surface area contributed by atoms with Crippen molar-refractivity contribution in [1.82, 2.24) is 4.90 Å². The lowest BCUT2D eigenvalue weighted by Crippen LogP contribution is -2.29. The molecule has 3 rings (SSSR count). The first-order valence-corrected chi connectivity index (χ1v) is 8.64. The Morgan fingerprint density at radius 2 is 1.92 bits per heavy atom. The van der Waals surface area contributed by atoms with E-state index in [1.165, 1.54) is 12.1 Å². The number of hydrogen-bond acceptors (Lipinski definition) is 3. The zero-order valence-corrected chi connectivity index (χ0v) is 15.0. The van der Waals surface area contributed by atoms with E-state index < -0.39 is 5.60 Å². The predicted octanol–water partition coefficient (Wildman–Crippen LogP) is 4.31. The molecule has 4 heteroatoms. The zero-order valence-electron chi connectivity index (χ0n) is 15.0. The van der Waals surface area contributed by atoms with Crippen molar-refractivity contribution in [3.63, 3.8) is 0 Å². The fourth-order valence-corrected chi connectivity index (χ4v) is 3.71. The normalized spacial score (nSPS) is 22.2. The molecule has 0 radical (unpaired) electrons. The van der Waals surface area contributed by atoms with Crippen molar-refractivity contribution in [3.05, 3.63) is 70.5 Å². The van der Waals surface area contributed by atoms with Crippen LogP contribution in [0.2, 0.25) is 0 Å². The van der Waals surface area contributed by atoms with Crippen LogP contribution in [-0.2, 0) is 10.3 Å². The third kappa shape index (κ3) is 3.37. The van der Waals surface area contributed by atoms with Crippen molar-refractivity contribution in [2.24, 2.45) is 0 Å². The molecule has 2 unspecified atom stereocenters. The number of aldehydes is 1. The van der Waals surface area contributed by atoms with Crippen LogP contribution in [0.1, 0.15) is 52.9 Å². The molecule has 0 bridgehead atoms. The Morgan fingerprint density at radius 1 is 1.20 bits per heavy atom. The average Bonchev–Trinajstić information content (AvgIpc) is 2.88. The Morgan fingerprint density at radius 3 is 2.56 bits per heavy atom. The first kappa shape index (κ1) is 17.8. The van der Waals surface area contributed by atoms with Crippen LogP contribution < -0.4 is 0 Å². The number of rotatable bonds is 6. The number of ether oxygens (including phenoxy) is 1. The van der Waals surface area contributed by atoms with E-state index in [-0.39, 0.29) is 11.9 Å². The van der Waals surface area contributed by atoms with Gasteiger partial charge in [0.25, 0.3) is 0 Å². The SMILES string of the molecule is CC1OC(CCCN(C)C)(c2ccc(F)cc2)c2ccc(C=O)cc21. The highest BCUT2D eigenvalue weighted by Crippen LogP contribution is 2.50. The van der Waals surface area contributed by atoms with Gasteiger partial charge in [0.1, 0.15) is 17.7 Å². The van der Waals surface area contributed by atoms with Gasteiger partial charge in [-0.25, -0.2) is 4.39 Å². The average molecular weight is 341 g/mol. The van der Waals surface area contributed by atoms with Crippen LogP contribution in [0.3, 0.4) is 0 Å². The number of benzene rings is 2. The minimum Gasteiger partial charge on any atom is -0.358 e. The highest BCUT2D eigenvalue weighted by molar-refractivity contribution is 5.75. The van der Waals surface area contributed by atoms with E-state index in [0.717, 1.165) is 42.4 Å². The Hall–Kier alpha value is -2.04. The molecule has 0 amide bonds. The zero-order chi connectivity index (χ0) is 18.0. The maximum atomic E-state index is 13.4. The Kier molecular flexibility index (Phi) is 5.02. The third-order valence-electron chi connectivity index (χ3n) is 4.91. The molecule has 0 saturated heterocycles. The molecule has 0 spiro atoms. The van der Waals surface area contributed by atoms with Gasteiger partial charge in [0.15, 0.2) is 0 Å². The van der Waals surface area contributed by atoms with Crippen LogP contribution in [0.4, 0.5) is 4.39 Å². The lowest BCUT2D eigenvalue weighted by atomic mass is 9.81. The van der Waals surface area contributed by atoms with Crippen molar-refractivity contribution in [2.45, 2.75) is 31.5 Å². The van der Waals surface area contributed by atoms with Crippen molar-refractivity contribution >= 4 is 6.29 Å². The largest absolute Gasteiger partial charge is 0.358 e. The van der Waals surface area contributed by atoms with Crippen LogP contribution in [0.5, 0.6) is 0 Å². The summed E-state index contributed by atoms with van der Waals surface area (Å²) in [5.74, 6) is -0.255. The lowest BCUT2D eigenvalue weighted by Gasteiger charge is -2.32. The van der Waals surface area contributed by atoms with Gasteiger partial charge in [0.2, 0.25) is 0 Å². The number of fused-ring (bicyclic) bond motifs is 1. The van der Waals surface area contributed by atoms with Gasteiger partial charge in [0.05, 0.1) is 6.10 Å². The van der Waals surface area contributed by atoms with Crippen molar-refractivity contribution in [1.29, 1.82) is 0 Å². The summed E-state index contributed by atoms with van der Waals surface area (Å²) in [5, 5.41) is 0. The molecule has 1 aliphatic heterocycles. The molecule has 1 aliphatic rings. The number of hydrogen-bond donors (Lipinski definition) is 0. The van der Waals surface area contributed by atoms with E-state index in [4.69, 9.17) is 4.74 Å². The molecule has 25 heavy (non-hydrogen) atoms. The first-order valence-electron chi connectivity index (χ1n) is 8.64. The van der Waals surface area contributed by atoms with Gasteiger partial charge in [-0.05, 0) is 75.3 Å². The Bertz CT molecular complexity index is 757. The molecular weight excluding hydrogens is 317 g/mol. The molecule has 2 atom stereocenters. The van der Waals surface area contributed by atoms with Gasteiger partial charge in [-0.2, -0.15) is 0 Å². The van der Waals surface area contributed by atoms with Gasteiger partial charge in [0, 0.05) is 5.56 Å². The third-order valence-corrected chi connectivity index (χ3v) is 4.91. The van der Waals surface area contributed by atoms with Crippen molar-refractivity contribution in [2.75, 3.05) is 20.6 Å².